The summed E-state index contributed by atoms with van der Waals surface area (Å²) >= 11 is 1.11. The van der Waals surface area contributed by atoms with Gasteiger partial charge in [0.05, 0.1) is 5.25 Å². The van der Waals surface area contributed by atoms with Crippen LogP contribution in [0.4, 0.5) is 0 Å². The van der Waals surface area contributed by atoms with E-state index in [1.807, 2.05) is 24.3 Å². The van der Waals surface area contributed by atoms with E-state index in [0.717, 1.165) is 11.8 Å². The Bertz CT molecular complexity index is 660. The highest BCUT2D eigenvalue weighted by atomic mass is 32.2. The molecule has 0 saturated heterocycles. The van der Waals surface area contributed by atoms with E-state index in [0.29, 0.717) is 17.4 Å². The van der Waals surface area contributed by atoms with Gasteiger partial charge in [0.2, 0.25) is 12.0 Å². The van der Waals surface area contributed by atoms with Gasteiger partial charge in [0.25, 0.3) is 11.1 Å². The molecule has 1 amide bonds. The van der Waals surface area contributed by atoms with E-state index in [9.17, 15) is 4.79 Å². The Balaban J connectivity index is 1.71. The number of nitrogens with zero attached hydrogens (tertiary/aromatic N) is 2. The van der Waals surface area contributed by atoms with Crippen molar-refractivity contribution in [2.24, 2.45) is 5.73 Å². The topological polar surface area (TPSA) is 100 Å². The van der Waals surface area contributed by atoms with Crippen molar-refractivity contribution in [3.8, 4) is 11.5 Å². The van der Waals surface area contributed by atoms with Gasteiger partial charge in [0.15, 0.2) is 11.5 Å². The molecule has 1 aromatic carbocycles. The maximum Gasteiger partial charge on any atom is 0.277 e. The van der Waals surface area contributed by atoms with Crippen LogP contribution in [0.5, 0.6) is 11.5 Å². The number of hydrogen-bond acceptors (Lipinski definition) is 7. The number of hydrogen-bond donors (Lipinski definition) is 1. The summed E-state index contributed by atoms with van der Waals surface area (Å²) in [5.74, 6) is 1.19. The molecule has 0 radical (unpaired) electrons. The van der Waals surface area contributed by atoms with Crippen molar-refractivity contribution in [3.63, 3.8) is 0 Å². The number of para-hydroxylation sites is 2. The Labute approximate surface area is 124 Å². The lowest BCUT2D eigenvalue weighted by Gasteiger charge is -2.23. The molecule has 1 aliphatic rings. The number of aromatic nitrogens is 2. The van der Waals surface area contributed by atoms with Gasteiger partial charge >= 0.3 is 0 Å². The highest BCUT2D eigenvalue weighted by molar-refractivity contribution is 8.00. The van der Waals surface area contributed by atoms with E-state index < -0.39 is 17.3 Å². The molecule has 7 nitrogen and oxygen atoms in total. The fraction of sp³-hybridized carbons (Fsp3) is 0.308. The zero-order valence-electron chi connectivity index (χ0n) is 11.2. The Kier molecular flexibility index (Phi) is 3.70. The van der Waals surface area contributed by atoms with Crippen molar-refractivity contribution in [2.75, 3.05) is 6.61 Å². The van der Waals surface area contributed by atoms with Crippen LogP contribution in [0.15, 0.2) is 33.9 Å². The zero-order valence-corrected chi connectivity index (χ0v) is 12.0. The summed E-state index contributed by atoms with van der Waals surface area (Å²) in [7, 11) is 0. The van der Waals surface area contributed by atoms with Crippen molar-refractivity contribution < 1.29 is 18.7 Å². The first-order valence-corrected chi connectivity index (χ1v) is 7.19. The molecule has 0 unspecified atom stereocenters. The van der Waals surface area contributed by atoms with Crippen LogP contribution in [-0.4, -0.2) is 28.0 Å². The molecule has 21 heavy (non-hydrogen) atoms. The minimum absolute atomic E-state index is 0.277. The van der Waals surface area contributed by atoms with Crippen LogP contribution in [0, 0.1) is 0 Å². The molecule has 0 aliphatic carbocycles. The summed E-state index contributed by atoms with van der Waals surface area (Å²) in [6.07, 6.45) is -0.467. The number of ether oxygens (including phenoxy) is 2. The van der Waals surface area contributed by atoms with Crippen LogP contribution in [0.3, 0.4) is 0 Å². The van der Waals surface area contributed by atoms with Crippen molar-refractivity contribution >= 4 is 17.7 Å². The summed E-state index contributed by atoms with van der Waals surface area (Å²) < 4.78 is 16.8. The van der Waals surface area contributed by atoms with E-state index in [-0.39, 0.29) is 11.8 Å². The SMILES string of the molecule is C[C@@H](Sc1nnc([C@H]2COc3ccccc3O2)o1)C(N)=O. The first-order valence-electron chi connectivity index (χ1n) is 6.31. The van der Waals surface area contributed by atoms with Gasteiger partial charge in [-0.1, -0.05) is 23.9 Å². The minimum atomic E-state index is -0.467. The standard InChI is InChI=1S/C13H13N3O4S/c1-7(11(14)17)21-13-16-15-12(20-13)10-6-18-8-4-2-3-5-9(8)19-10/h2-5,7,10H,6H2,1H3,(H2,14,17)/t7-,10-/m1/s1. The predicted octanol–water partition coefficient (Wildman–Crippen LogP) is 1.55. The third-order valence-corrected chi connectivity index (χ3v) is 3.84. The summed E-state index contributed by atoms with van der Waals surface area (Å²) in [6.45, 7) is 1.96. The summed E-state index contributed by atoms with van der Waals surface area (Å²) in [4.78, 5) is 11.0. The number of fused-ring (bicyclic) bond motifs is 1. The van der Waals surface area contributed by atoms with Crippen molar-refractivity contribution in [3.05, 3.63) is 30.2 Å². The molecule has 0 fully saturated rings. The van der Waals surface area contributed by atoms with Crippen LogP contribution in [0.1, 0.15) is 18.9 Å². The number of benzene rings is 1. The maximum absolute atomic E-state index is 11.0. The van der Waals surface area contributed by atoms with E-state index >= 15 is 0 Å². The van der Waals surface area contributed by atoms with Gasteiger partial charge in [-0.3, -0.25) is 4.79 Å². The van der Waals surface area contributed by atoms with Crippen LogP contribution in [-0.2, 0) is 4.79 Å². The second-order valence-electron chi connectivity index (χ2n) is 4.43. The molecule has 2 atom stereocenters. The number of carbonyl (C=O) groups excluding carboxylic acids is 1. The summed E-state index contributed by atoms with van der Waals surface area (Å²) in [6, 6.07) is 7.36. The van der Waals surface area contributed by atoms with Crippen LogP contribution < -0.4 is 15.2 Å². The van der Waals surface area contributed by atoms with E-state index in [1.165, 1.54) is 0 Å². The smallest absolute Gasteiger partial charge is 0.277 e. The Morgan fingerprint density at radius 3 is 2.90 bits per heavy atom. The zero-order chi connectivity index (χ0) is 14.8. The van der Waals surface area contributed by atoms with Gasteiger partial charge in [-0.2, -0.15) is 0 Å². The van der Waals surface area contributed by atoms with E-state index in [4.69, 9.17) is 19.6 Å². The minimum Gasteiger partial charge on any atom is -0.485 e. The fourth-order valence-electron chi connectivity index (χ4n) is 1.75. The molecule has 2 heterocycles. The van der Waals surface area contributed by atoms with Crippen molar-refractivity contribution in [1.82, 2.24) is 10.2 Å². The molecule has 3 rings (SSSR count). The first-order chi connectivity index (χ1) is 10.1. The van der Waals surface area contributed by atoms with E-state index in [1.54, 1.807) is 6.92 Å². The second kappa shape index (κ2) is 5.65. The predicted molar refractivity (Wildman–Crippen MR) is 74.1 cm³/mol. The lowest BCUT2D eigenvalue weighted by molar-refractivity contribution is -0.117. The Morgan fingerprint density at radius 2 is 2.14 bits per heavy atom. The highest BCUT2D eigenvalue weighted by Crippen LogP contribution is 2.36. The molecule has 8 heteroatoms. The average Bonchev–Trinajstić information content (AvgIpc) is 2.95. The average molecular weight is 307 g/mol. The fourth-order valence-corrected chi connectivity index (χ4v) is 2.39. The van der Waals surface area contributed by atoms with E-state index in [2.05, 4.69) is 10.2 Å². The lowest BCUT2D eigenvalue weighted by atomic mass is 10.2. The molecule has 1 aliphatic heterocycles. The number of carbonyl (C=O) groups is 1. The molecule has 0 saturated carbocycles. The van der Waals surface area contributed by atoms with Gasteiger partial charge in [-0.15, -0.1) is 10.2 Å². The molecule has 1 aromatic heterocycles. The summed E-state index contributed by atoms with van der Waals surface area (Å²) in [5, 5.41) is 7.64. The van der Waals surface area contributed by atoms with Crippen molar-refractivity contribution in [1.29, 1.82) is 0 Å². The first kappa shape index (κ1) is 13.7. The molecule has 2 aromatic rings. The third kappa shape index (κ3) is 2.94. The third-order valence-electron chi connectivity index (χ3n) is 2.88. The van der Waals surface area contributed by atoms with Crippen molar-refractivity contribution in [2.45, 2.75) is 23.5 Å². The van der Waals surface area contributed by atoms with Crippen LogP contribution >= 0.6 is 11.8 Å². The number of thioether (sulfide) groups is 1. The highest BCUT2D eigenvalue weighted by Gasteiger charge is 2.27. The Morgan fingerprint density at radius 1 is 1.38 bits per heavy atom. The van der Waals surface area contributed by atoms with Gasteiger partial charge < -0.3 is 19.6 Å². The summed E-state index contributed by atoms with van der Waals surface area (Å²) in [5.41, 5.74) is 5.19. The normalized spacial score (nSPS) is 18.2. The molecule has 2 N–H and O–H groups in total. The quantitative estimate of drug-likeness (QED) is 0.855. The number of rotatable bonds is 4. The van der Waals surface area contributed by atoms with Gasteiger partial charge in [-0.25, -0.2) is 0 Å². The molecule has 110 valence electrons. The van der Waals surface area contributed by atoms with Crippen LogP contribution in [0.25, 0.3) is 0 Å². The van der Waals surface area contributed by atoms with Gasteiger partial charge in [-0.05, 0) is 19.1 Å². The molecule has 0 bridgehead atoms. The lowest BCUT2D eigenvalue weighted by Crippen LogP contribution is -2.22. The van der Waals surface area contributed by atoms with Gasteiger partial charge in [0, 0.05) is 0 Å². The van der Waals surface area contributed by atoms with Crippen LogP contribution in [0.2, 0.25) is 0 Å². The number of primary amides is 1. The van der Waals surface area contributed by atoms with Gasteiger partial charge in [0.1, 0.15) is 6.61 Å². The monoisotopic (exact) mass is 307 g/mol. The number of nitrogens with two attached hydrogens (primary N) is 1. The Hall–Kier alpha value is -2.22. The second-order valence-corrected chi connectivity index (χ2v) is 5.72. The number of amides is 1. The molecule has 0 spiro atoms. The largest absolute Gasteiger partial charge is 0.485 e. The molecular formula is C13H13N3O4S. The maximum atomic E-state index is 11.0. The molecular weight excluding hydrogens is 294 g/mol.